The molecule has 0 atom stereocenters. The van der Waals surface area contributed by atoms with Gasteiger partial charge in [-0.1, -0.05) is 18.6 Å². The lowest BCUT2D eigenvalue weighted by atomic mass is 9.91. The fourth-order valence-electron chi connectivity index (χ4n) is 3.40. The first-order valence-electron chi connectivity index (χ1n) is 8.64. The van der Waals surface area contributed by atoms with E-state index in [0.717, 1.165) is 31.6 Å². The standard InChI is InChI=1S/C17H23F3N2O2S/c18-17(19,20)15-7-5-14(6-8-15)13-25(23,24)22-10-2-9-21(11-12-22)16-3-1-4-16/h5-8,16H,1-4,9-13H2. The molecule has 4 nitrogen and oxygen atoms in total. The summed E-state index contributed by atoms with van der Waals surface area (Å²) < 4.78 is 64.6. The molecule has 1 aromatic rings. The average Bonchev–Trinajstić information content (AvgIpc) is 2.71. The highest BCUT2D eigenvalue weighted by Crippen LogP contribution is 2.30. The normalized spacial score (nSPS) is 21.7. The molecule has 2 fully saturated rings. The Kier molecular flexibility index (Phi) is 5.41. The summed E-state index contributed by atoms with van der Waals surface area (Å²) in [5.41, 5.74) is -0.382. The first-order chi connectivity index (χ1) is 11.8. The number of nitrogens with zero attached hydrogens (tertiary/aromatic N) is 2. The molecule has 0 radical (unpaired) electrons. The summed E-state index contributed by atoms with van der Waals surface area (Å²) in [7, 11) is -3.52. The van der Waals surface area contributed by atoms with Crippen molar-refractivity contribution in [2.75, 3.05) is 26.2 Å². The molecule has 0 amide bonds. The Morgan fingerprint density at radius 1 is 0.960 bits per heavy atom. The van der Waals surface area contributed by atoms with Gasteiger partial charge < -0.3 is 0 Å². The van der Waals surface area contributed by atoms with Crippen LogP contribution < -0.4 is 0 Å². The van der Waals surface area contributed by atoms with Crippen molar-refractivity contribution in [3.63, 3.8) is 0 Å². The number of benzene rings is 1. The van der Waals surface area contributed by atoms with Gasteiger partial charge in [-0.25, -0.2) is 12.7 Å². The Labute approximate surface area is 146 Å². The largest absolute Gasteiger partial charge is 0.416 e. The Balaban J connectivity index is 1.63. The number of rotatable bonds is 4. The molecule has 1 aliphatic carbocycles. The third-order valence-electron chi connectivity index (χ3n) is 5.10. The van der Waals surface area contributed by atoms with Crippen molar-refractivity contribution < 1.29 is 21.6 Å². The van der Waals surface area contributed by atoms with Crippen molar-refractivity contribution >= 4 is 10.0 Å². The van der Waals surface area contributed by atoms with Gasteiger partial charge in [0.1, 0.15) is 0 Å². The van der Waals surface area contributed by atoms with Gasteiger partial charge in [0.2, 0.25) is 10.0 Å². The molecule has 2 aliphatic rings. The van der Waals surface area contributed by atoms with Crippen LogP contribution in [0.3, 0.4) is 0 Å². The molecule has 8 heteroatoms. The molecular weight excluding hydrogens is 353 g/mol. The van der Waals surface area contributed by atoms with Gasteiger partial charge in [0.15, 0.2) is 0 Å². The minimum atomic E-state index is -4.41. The summed E-state index contributed by atoms with van der Waals surface area (Å²) in [6.45, 7) is 2.58. The second kappa shape index (κ2) is 7.25. The Morgan fingerprint density at radius 2 is 1.64 bits per heavy atom. The van der Waals surface area contributed by atoms with Gasteiger partial charge in [-0.05, 0) is 43.5 Å². The van der Waals surface area contributed by atoms with Crippen LogP contribution in [0.4, 0.5) is 13.2 Å². The summed E-state index contributed by atoms with van der Waals surface area (Å²) >= 11 is 0. The fourth-order valence-corrected chi connectivity index (χ4v) is 4.96. The van der Waals surface area contributed by atoms with Crippen LogP contribution in [0.1, 0.15) is 36.8 Å². The zero-order valence-corrected chi connectivity index (χ0v) is 14.8. The maximum absolute atomic E-state index is 12.6. The Bertz CT molecular complexity index is 685. The highest BCUT2D eigenvalue weighted by Gasteiger charge is 2.32. The second-order valence-corrected chi connectivity index (χ2v) is 8.79. The van der Waals surface area contributed by atoms with Crippen LogP contribution in [0.2, 0.25) is 0 Å². The lowest BCUT2D eigenvalue weighted by Crippen LogP contribution is -2.42. The van der Waals surface area contributed by atoms with Crippen LogP contribution >= 0.6 is 0 Å². The van der Waals surface area contributed by atoms with E-state index < -0.39 is 21.8 Å². The molecule has 140 valence electrons. The first kappa shape index (κ1) is 18.7. The van der Waals surface area contributed by atoms with Crippen LogP contribution in [-0.2, 0) is 22.0 Å². The molecule has 0 unspecified atom stereocenters. The topological polar surface area (TPSA) is 40.6 Å². The maximum atomic E-state index is 12.6. The quantitative estimate of drug-likeness (QED) is 0.811. The highest BCUT2D eigenvalue weighted by atomic mass is 32.2. The van der Waals surface area contributed by atoms with Crippen LogP contribution in [-0.4, -0.2) is 49.8 Å². The monoisotopic (exact) mass is 376 g/mol. The van der Waals surface area contributed by atoms with E-state index in [-0.39, 0.29) is 5.75 Å². The van der Waals surface area contributed by atoms with Gasteiger partial charge in [-0.15, -0.1) is 0 Å². The van der Waals surface area contributed by atoms with Crippen molar-refractivity contribution in [3.05, 3.63) is 35.4 Å². The summed E-state index contributed by atoms with van der Waals surface area (Å²) in [6, 6.07) is 4.96. The second-order valence-electron chi connectivity index (χ2n) is 6.82. The zero-order valence-electron chi connectivity index (χ0n) is 14.0. The van der Waals surface area contributed by atoms with Crippen molar-refractivity contribution in [1.82, 2.24) is 9.21 Å². The Hall–Kier alpha value is -1.12. The van der Waals surface area contributed by atoms with Crippen LogP contribution in [0, 0.1) is 0 Å². The predicted molar refractivity (Wildman–Crippen MR) is 89.5 cm³/mol. The molecule has 3 rings (SSSR count). The maximum Gasteiger partial charge on any atom is 0.416 e. The molecule has 1 saturated carbocycles. The SMILES string of the molecule is O=S(=O)(Cc1ccc(C(F)(F)F)cc1)N1CCCN(C2CCC2)CC1. The first-order valence-corrected chi connectivity index (χ1v) is 10.2. The van der Waals surface area contributed by atoms with E-state index in [4.69, 9.17) is 0 Å². The van der Waals surface area contributed by atoms with Gasteiger partial charge in [0.25, 0.3) is 0 Å². The van der Waals surface area contributed by atoms with Crippen molar-refractivity contribution in [1.29, 1.82) is 0 Å². The summed E-state index contributed by atoms with van der Waals surface area (Å²) in [6.07, 6.45) is 0.0175. The third-order valence-corrected chi connectivity index (χ3v) is 6.95. The highest BCUT2D eigenvalue weighted by molar-refractivity contribution is 7.88. The van der Waals surface area contributed by atoms with Crippen molar-refractivity contribution in [2.45, 2.75) is 43.7 Å². The average molecular weight is 376 g/mol. The van der Waals surface area contributed by atoms with E-state index in [1.807, 2.05) is 0 Å². The van der Waals surface area contributed by atoms with E-state index in [1.54, 1.807) is 0 Å². The molecule has 1 aromatic carbocycles. The van der Waals surface area contributed by atoms with Crippen LogP contribution in [0.5, 0.6) is 0 Å². The molecule has 1 aliphatic heterocycles. The molecule has 1 saturated heterocycles. The smallest absolute Gasteiger partial charge is 0.299 e. The number of halogens is 3. The van der Waals surface area contributed by atoms with E-state index in [0.29, 0.717) is 24.7 Å². The van der Waals surface area contributed by atoms with Gasteiger partial charge in [0, 0.05) is 25.7 Å². The molecule has 0 spiro atoms. The fraction of sp³-hybridized carbons (Fsp3) is 0.647. The lowest BCUT2D eigenvalue weighted by molar-refractivity contribution is -0.137. The molecule has 1 heterocycles. The van der Waals surface area contributed by atoms with Gasteiger partial charge >= 0.3 is 6.18 Å². The van der Waals surface area contributed by atoms with Crippen LogP contribution in [0.25, 0.3) is 0 Å². The Morgan fingerprint density at radius 3 is 2.20 bits per heavy atom. The third kappa shape index (κ3) is 4.54. The number of hydrogen-bond donors (Lipinski definition) is 0. The zero-order chi connectivity index (χ0) is 18.1. The van der Waals surface area contributed by atoms with Crippen molar-refractivity contribution in [2.24, 2.45) is 0 Å². The van der Waals surface area contributed by atoms with Gasteiger partial charge in [-0.2, -0.15) is 13.2 Å². The number of sulfonamides is 1. The predicted octanol–water partition coefficient (Wildman–Crippen LogP) is 3.10. The minimum absolute atomic E-state index is 0.255. The molecular formula is C17H23F3N2O2S. The molecule has 0 N–H and O–H groups in total. The van der Waals surface area contributed by atoms with E-state index in [9.17, 15) is 21.6 Å². The summed E-state index contributed by atoms with van der Waals surface area (Å²) in [5, 5.41) is 0. The lowest BCUT2D eigenvalue weighted by Gasteiger charge is -2.36. The van der Waals surface area contributed by atoms with E-state index in [1.165, 1.54) is 35.7 Å². The minimum Gasteiger partial charge on any atom is -0.299 e. The van der Waals surface area contributed by atoms with E-state index in [2.05, 4.69) is 4.90 Å². The van der Waals surface area contributed by atoms with Crippen LogP contribution in [0.15, 0.2) is 24.3 Å². The van der Waals surface area contributed by atoms with Crippen molar-refractivity contribution in [3.8, 4) is 0 Å². The van der Waals surface area contributed by atoms with Gasteiger partial charge in [-0.3, -0.25) is 4.90 Å². The molecule has 0 bridgehead atoms. The van der Waals surface area contributed by atoms with E-state index >= 15 is 0 Å². The summed E-state index contributed by atoms with van der Waals surface area (Å²) in [4.78, 5) is 2.37. The molecule has 0 aromatic heterocycles. The molecule has 25 heavy (non-hydrogen) atoms. The summed E-state index contributed by atoms with van der Waals surface area (Å²) in [5.74, 6) is -0.255. The number of alkyl halides is 3. The van der Waals surface area contributed by atoms with Gasteiger partial charge in [0.05, 0.1) is 11.3 Å². The number of hydrogen-bond acceptors (Lipinski definition) is 3.